The lowest BCUT2D eigenvalue weighted by molar-refractivity contribution is 0.810. The van der Waals surface area contributed by atoms with Crippen molar-refractivity contribution in [2.24, 2.45) is 4.99 Å². The van der Waals surface area contributed by atoms with Crippen LogP contribution >= 0.6 is 11.3 Å². The summed E-state index contributed by atoms with van der Waals surface area (Å²) in [4.78, 5) is 5.63. The van der Waals surface area contributed by atoms with E-state index in [1.165, 1.54) is 27.1 Å². The molecule has 2 aromatic rings. The highest BCUT2D eigenvalue weighted by atomic mass is 32.1. The predicted octanol–water partition coefficient (Wildman–Crippen LogP) is 3.54. The fourth-order valence-electron chi connectivity index (χ4n) is 2.19. The third-order valence-corrected chi connectivity index (χ3v) is 4.58. The molecule has 1 aromatic carbocycles. The first-order valence-electron chi connectivity index (χ1n) is 7.13. The Kier molecular flexibility index (Phi) is 5.39. The van der Waals surface area contributed by atoms with Crippen LogP contribution in [0.15, 0.2) is 34.6 Å². The number of thiophene rings is 1. The van der Waals surface area contributed by atoms with Crippen molar-refractivity contribution in [2.75, 3.05) is 7.05 Å². The van der Waals surface area contributed by atoms with E-state index in [1.807, 2.05) is 0 Å². The summed E-state index contributed by atoms with van der Waals surface area (Å²) in [5.74, 6) is 0.836. The molecule has 0 aliphatic carbocycles. The summed E-state index contributed by atoms with van der Waals surface area (Å²) in [5.41, 5.74) is 5.24. The van der Waals surface area contributed by atoms with E-state index in [1.54, 1.807) is 18.4 Å². The summed E-state index contributed by atoms with van der Waals surface area (Å²) < 4.78 is 0. The van der Waals surface area contributed by atoms with Crippen LogP contribution in [0.1, 0.15) is 27.1 Å². The first kappa shape index (κ1) is 15.6. The Balaban J connectivity index is 1.89. The Morgan fingerprint density at radius 2 is 1.81 bits per heavy atom. The number of aryl methyl sites for hydroxylation is 3. The molecule has 0 amide bonds. The SMILES string of the molecule is CN=C(NCc1ccc(C)cc1C)NCc1sccc1C. The summed E-state index contributed by atoms with van der Waals surface area (Å²) in [6.07, 6.45) is 0. The number of benzene rings is 1. The van der Waals surface area contributed by atoms with Gasteiger partial charge in [0.25, 0.3) is 0 Å². The van der Waals surface area contributed by atoms with Crippen LogP contribution in [0.25, 0.3) is 0 Å². The minimum atomic E-state index is 0.787. The molecule has 112 valence electrons. The average Bonchev–Trinajstić information content (AvgIpc) is 2.86. The lowest BCUT2D eigenvalue weighted by Gasteiger charge is -2.13. The minimum absolute atomic E-state index is 0.787. The molecule has 21 heavy (non-hydrogen) atoms. The maximum absolute atomic E-state index is 4.28. The van der Waals surface area contributed by atoms with Gasteiger partial charge >= 0.3 is 0 Å². The smallest absolute Gasteiger partial charge is 0.191 e. The number of aliphatic imine (C=N–C) groups is 1. The van der Waals surface area contributed by atoms with Gasteiger partial charge < -0.3 is 10.6 Å². The molecule has 3 nitrogen and oxygen atoms in total. The second kappa shape index (κ2) is 7.27. The minimum Gasteiger partial charge on any atom is -0.352 e. The predicted molar refractivity (Wildman–Crippen MR) is 92.0 cm³/mol. The van der Waals surface area contributed by atoms with Crippen LogP contribution in [0.4, 0.5) is 0 Å². The van der Waals surface area contributed by atoms with Gasteiger partial charge in [-0.1, -0.05) is 23.8 Å². The third-order valence-electron chi connectivity index (χ3n) is 3.55. The van der Waals surface area contributed by atoms with Crippen molar-refractivity contribution in [1.29, 1.82) is 0 Å². The van der Waals surface area contributed by atoms with Crippen molar-refractivity contribution in [1.82, 2.24) is 10.6 Å². The van der Waals surface area contributed by atoms with Crippen molar-refractivity contribution in [3.63, 3.8) is 0 Å². The highest BCUT2D eigenvalue weighted by Gasteiger charge is 2.03. The van der Waals surface area contributed by atoms with Gasteiger partial charge in [-0.2, -0.15) is 0 Å². The molecule has 2 N–H and O–H groups in total. The van der Waals surface area contributed by atoms with Gasteiger partial charge in [0.2, 0.25) is 0 Å². The van der Waals surface area contributed by atoms with Crippen molar-refractivity contribution in [3.05, 3.63) is 56.8 Å². The number of guanidine groups is 1. The lowest BCUT2D eigenvalue weighted by atomic mass is 10.1. The van der Waals surface area contributed by atoms with E-state index in [4.69, 9.17) is 0 Å². The van der Waals surface area contributed by atoms with E-state index in [0.29, 0.717) is 0 Å². The zero-order chi connectivity index (χ0) is 15.2. The van der Waals surface area contributed by atoms with Crippen molar-refractivity contribution in [2.45, 2.75) is 33.9 Å². The van der Waals surface area contributed by atoms with Crippen LogP contribution in [0.3, 0.4) is 0 Å². The van der Waals surface area contributed by atoms with Gasteiger partial charge in [-0.15, -0.1) is 11.3 Å². The highest BCUT2D eigenvalue weighted by Crippen LogP contribution is 2.14. The maximum Gasteiger partial charge on any atom is 0.191 e. The van der Waals surface area contributed by atoms with Gasteiger partial charge in [-0.25, -0.2) is 0 Å². The van der Waals surface area contributed by atoms with Crippen LogP contribution in [0.2, 0.25) is 0 Å². The normalized spacial score (nSPS) is 11.5. The topological polar surface area (TPSA) is 36.4 Å². The third kappa shape index (κ3) is 4.33. The number of rotatable bonds is 4. The fraction of sp³-hybridized carbons (Fsp3) is 0.353. The second-order valence-electron chi connectivity index (χ2n) is 5.24. The Morgan fingerprint density at radius 1 is 1.05 bits per heavy atom. The van der Waals surface area contributed by atoms with E-state index in [-0.39, 0.29) is 0 Å². The molecule has 0 unspecified atom stereocenters. The zero-order valence-electron chi connectivity index (χ0n) is 13.2. The van der Waals surface area contributed by atoms with Crippen LogP contribution in [0.5, 0.6) is 0 Å². The summed E-state index contributed by atoms with van der Waals surface area (Å²) in [5, 5.41) is 8.86. The Labute approximate surface area is 131 Å². The number of nitrogens with one attached hydrogen (secondary N) is 2. The van der Waals surface area contributed by atoms with E-state index >= 15 is 0 Å². The summed E-state index contributed by atoms with van der Waals surface area (Å²) >= 11 is 1.78. The molecule has 0 saturated heterocycles. The van der Waals surface area contributed by atoms with E-state index in [0.717, 1.165) is 19.0 Å². The summed E-state index contributed by atoms with van der Waals surface area (Å²) in [6, 6.07) is 8.68. The Bertz CT molecular complexity index is 629. The molecule has 1 aromatic heterocycles. The first-order chi connectivity index (χ1) is 10.1. The van der Waals surface area contributed by atoms with Crippen LogP contribution in [-0.2, 0) is 13.1 Å². The molecular formula is C17H23N3S. The van der Waals surface area contributed by atoms with Gasteiger partial charge in [0, 0.05) is 18.5 Å². The molecule has 0 radical (unpaired) electrons. The Hall–Kier alpha value is -1.81. The van der Waals surface area contributed by atoms with Gasteiger partial charge in [0.05, 0.1) is 6.54 Å². The summed E-state index contributed by atoms with van der Waals surface area (Å²) in [6.45, 7) is 8.01. The molecule has 0 fully saturated rings. The van der Waals surface area contributed by atoms with Crippen molar-refractivity contribution < 1.29 is 0 Å². The van der Waals surface area contributed by atoms with Gasteiger partial charge in [-0.05, 0) is 48.9 Å². The highest BCUT2D eigenvalue weighted by molar-refractivity contribution is 7.10. The molecule has 0 aliphatic heterocycles. The Morgan fingerprint density at radius 3 is 2.43 bits per heavy atom. The molecular weight excluding hydrogens is 278 g/mol. The monoisotopic (exact) mass is 301 g/mol. The lowest BCUT2D eigenvalue weighted by Crippen LogP contribution is -2.36. The van der Waals surface area contributed by atoms with Crippen molar-refractivity contribution in [3.8, 4) is 0 Å². The maximum atomic E-state index is 4.28. The van der Waals surface area contributed by atoms with E-state index < -0.39 is 0 Å². The molecule has 4 heteroatoms. The number of hydrogen-bond donors (Lipinski definition) is 2. The fourth-order valence-corrected chi connectivity index (χ4v) is 3.04. The number of nitrogens with zero attached hydrogens (tertiary/aromatic N) is 1. The molecule has 0 bridgehead atoms. The molecule has 1 heterocycles. The van der Waals surface area contributed by atoms with E-state index in [9.17, 15) is 0 Å². The molecule has 0 saturated carbocycles. The van der Waals surface area contributed by atoms with Gasteiger partial charge in [0.1, 0.15) is 0 Å². The molecule has 2 rings (SSSR count). The van der Waals surface area contributed by atoms with E-state index in [2.05, 4.69) is 66.0 Å². The zero-order valence-corrected chi connectivity index (χ0v) is 14.0. The second-order valence-corrected chi connectivity index (χ2v) is 6.24. The largest absolute Gasteiger partial charge is 0.352 e. The average molecular weight is 301 g/mol. The van der Waals surface area contributed by atoms with Crippen LogP contribution in [0, 0.1) is 20.8 Å². The standard InChI is InChI=1S/C17H23N3S/c1-12-5-6-15(14(3)9-12)10-19-17(18-4)20-11-16-13(2)7-8-21-16/h5-9H,10-11H2,1-4H3,(H2,18,19,20). The first-order valence-corrected chi connectivity index (χ1v) is 8.01. The van der Waals surface area contributed by atoms with Gasteiger partial charge in [0.15, 0.2) is 5.96 Å². The molecule has 0 aliphatic rings. The number of hydrogen-bond acceptors (Lipinski definition) is 2. The van der Waals surface area contributed by atoms with Crippen LogP contribution in [-0.4, -0.2) is 13.0 Å². The van der Waals surface area contributed by atoms with Gasteiger partial charge in [-0.3, -0.25) is 4.99 Å². The quantitative estimate of drug-likeness (QED) is 0.669. The summed E-state index contributed by atoms with van der Waals surface area (Å²) in [7, 11) is 1.80. The molecule has 0 atom stereocenters. The molecule has 0 spiro atoms. The van der Waals surface area contributed by atoms with Crippen molar-refractivity contribution >= 4 is 17.3 Å². The van der Waals surface area contributed by atoms with Crippen LogP contribution < -0.4 is 10.6 Å².